The Balaban J connectivity index is 1.75. The van der Waals surface area contributed by atoms with Gasteiger partial charge in [0.2, 0.25) is 0 Å². The summed E-state index contributed by atoms with van der Waals surface area (Å²) < 4.78 is 0. The van der Waals surface area contributed by atoms with E-state index >= 15 is 0 Å². The van der Waals surface area contributed by atoms with Crippen molar-refractivity contribution in [1.29, 1.82) is 5.26 Å². The summed E-state index contributed by atoms with van der Waals surface area (Å²) in [7, 11) is 0. The fraction of sp³-hybridized carbons (Fsp3) is 0.174. The van der Waals surface area contributed by atoms with Crippen molar-refractivity contribution in [3.8, 4) is 6.07 Å². The number of ketones is 1. The van der Waals surface area contributed by atoms with Crippen LogP contribution in [-0.4, -0.2) is 15.8 Å². The highest BCUT2D eigenvalue weighted by Gasteiger charge is 2.40. The van der Waals surface area contributed by atoms with E-state index in [1.165, 1.54) is 6.20 Å². The summed E-state index contributed by atoms with van der Waals surface area (Å²) in [6.07, 6.45) is 5.29. The van der Waals surface area contributed by atoms with Crippen molar-refractivity contribution in [3.05, 3.63) is 82.0 Å². The Kier molecular flexibility index (Phi) is 4.34. The third kappa shape index (κ3) is 2.78. The van der Waals surface area contributed by atoms with Crippen LogP contribution >= 0.6 is 11.6 Å². The number of allylic oxidation sites excluding steroid dienone is 3. The normalized spacial score (nSPS) is 19.3. The van der Waals surface area contributed by atoms with Crippen LogP contribution in [0, 0.1) is 11.3 Å². The van der Waals surface area contributed by atoms with Crippen LogP contribution in [-0.2, 0) is 4.79 Å². The first-order chi connectivity index (χ1) is 14.6. The van der Waals surface area contributed by atoms with E-state index in [4.69, 9.17) is 17.3 Å². The standard InChI is InChI=1S/C23H18ClN5O/c24-15-5-7-20(28-12-15)29-18-2-1-3-19(30)22(18)21(16(11-25)23(29)26)14-4-6-17-13(10-14)8-9-27-17/h4-10,12,21,27H,1-3,26H2/t21-/m0/s1. The SMILES string of the molecule is N#CC1=C(N)N(c2ccc(Cl)cn2)C2=C(C(=O)CCC2)[C@H]1c1ccc2[nH]ccc2c1. The molecule has 6 nitrogen and oxygen atoms in total. The van der Waals surface area contributed by atoms with Crippen molar-refractivity contribution >= 4 is 34.1 Å². The Hall–Kier alpha value is -3.56. The molecule has 0 saturated carbocycles. The maximum Gasteiger partial charge on any atom is 0.161 e. The molecule has 5 rings (SSSR count). The number of nitrogens with zero attached hydrogens (tertiary/aromatic N) is 3. The predicted molar refractivity (Wildman–Crippen MR) is 115 cm³/mol. The van der Waals surface area contributed by atoms with Gasteiger partial charge in [-0.1, -0.05) is 17.7 Å². The van der Waals surface area contributed by atoms with Gasteiger partial charge in [-0.3, -0.25) is 9.69 Å². The smallest absolute Gasteiger partial charge is 0.161 e. The van der Waals surface area contributed by atoms with Gasteiger partial charge >= 0.3 is 0 Å². The van der Waals surface area contributed by atoms with Gasteiger partial charge in [0.25, 0.3) is 0 Å². The third-order valence-corrected chi connectivity index (χ3v) is 5.99. The van der Waals surface area contributed by atoms with E-state index < -0.39 is 5.92 Å². The van der Waals surface area contributed by atoms with Crippen molar-refractivity contribution in [3.63, 3.8) is 0 Å². The van der Waals surface area contributed by atoms with Crippen molar-refractivity contribution in [2.24, 2.45) is 5.73 Å². The summed E-state index contributed by atoms with van der Waals surface area (Å²) in [6, 6.07) is 13.7. The number of nitrogens with one attached hydrogen (secondary N) is 1. The van der Waals surface area contributed by atoms with Crippen molar-refractivity contribution < 1.29 is 4.79 Å². The van der Waals surface area contributed by atoms with E-state index in [1.54, 1.807) is 17.0 Å². The molecule has 30 heavy (non-hydrogen) atoms. The fourth-order valence-corrected chi connectivity index (χ4v) is 4.54. The highest BCUT2D eigenvalue weighted by atomic mass is 35.5. The fourth-order valence-electron chi connectivity index (χ4n) is 4.43. The summed E-state index contributed by atoms with van der Waals surface area (Å²) in [5.41, 5.74) is 10.2. The Morgan fingerprint density at radius 3 is 2.87 bits per heavy atom. The number of aromatic amines is 1. The number of hydrogen-bond acceptors (Lipinski definition) is 5. The lowest BCUT2D eigenvalue weighted by Gasteiger charge is -2.39. The number of fused-ring (bicyclic) bond motifs is 1. The van der Waals surface area contributed by atoms with Gasteiger partial charge in [-0.2, -0.15) is 5.26 Å². The summed E-state index contributed by atoms with van der Waals surface area (Å²) in [5, 5.41) is 11.6. The number of halogens is 1. The van der Waals surface area contributed by atoms with Gasteiger partial charge in [0.05, 0.1) is 22.6 Å². The largest absolute Gasteiger partial charge is 0.384 e. The summed E-state index contributed by atoms with van der Waals surface area (Å²) in [5.74, 6) is 0.418. The van der Waals surface area contributed by atoms with E-state index in [9.17, 15) is 10.1 Å². The molecule has 2 aliphatic rings. The number of rotatable bonds is 2. The van der Waals surface area contributed by atoms with Crippen molar-refractivity contribution in [2.75, 3.05) is 4.90 Å². The average Bonchev–Trinajstić information content (AvgIpc) is 3.22. The number of Topliss-reactive ketones (excluding diaryl/α,β-unsaturated/α-hetero) is 1. The topological polar surface area (TPSA) is 98.8 Å². The van der Waals surface area contributed by atoms with Crippen LogP contribution in [0.5, 0.6) is 0 Å². The minimum atomic E-state index is -0.486. The summed E-state index contributed by atoms with van der Waals surface area (Å²) in [6.45, 7) is 0. The number of hydrogen-bond donors (Lipinski definition) is 2. The van der Waals surface area contributed by atoms with Gasteiger partial charge in [0.15, 0.2) is 5.78 Å². The summed E-state index contributed by atoms with van der Waals surface area (Å²) >= 11 is 6.00. The van der Waals surface area contributed by atoms with Crippen LogP contribution in [0.25, 0.3) is 10.9 Å². The van der Waals surface area contributed by atoms with Gasteiger partial charge in [-0.05, 0) is 54.1 Å². The minimum absolute atomic E-state index is 0.0506. The molecule has 0 radical (unpaired) electrons. The number of pyridine rings is 1. The van der Waals surface area contributed by atoms with E-state index in [0.29, 0.717) is 40.6 Å². The molecule has 7 heteroatoms. The molecule has 1 aromatic carbocycles. The molecule has 1 aliphatic heterocycles. The molecule has 1 atom stereocenters. The highest BCUT2D eigenvalue weighted by molar-refractivity contribution is 6.30. The highest BCUT2D eigenvalue weighted by Crippen LogP contribution is 2.46. The summed E-state index contributed by atoms with van der Waals surface area (Å²) in [4.78, 5) is 22.4. The molecular formula is C23H18ClN5O. The Bertz CT molecular complexity index is 1280. The molecule has 3 heterocycles. The first-order valence-corrected chi connectivity index (χ1v) is 10.1. The zero-order chi connectivity index (χ0) is 20.8. The van der Waals surface area contributed by atoms with Gasteiger partial charge in [0, 0.05) is 35.6 Å². The van der Waals surface area contributed by atoms with Gasteiger partial charge < -0.3 is 10.7 Å². The average molecular weight is 416 g/mol. The van der Waals surface area contributed by atoms with Crippen LogP contribution in [0.1, 0.15) is 30.7 Å². The zero-order valence-corrected chi connectivity index (χ0v) is 16.8. The number of H-pyrrole nitrogens is 1. The maximum absolute atomic E-state index is 13.1. The molecule has 148 valence electrons. The number of aromatic nitrogens is 2. The van der Waals surface area contributed by atoms with Crippen LogP contribution in [0.15, 0.2) is 71.5 Å². The molecular weight excluding hydrogens is 398 g/mol. The molecule has 2 aromatic heterocycles. The number of anilines is 1. The van der Waals surface area contributed by atoms with Crippen LogP contribution in [0.4, 0.5) is 5.82 Å². The second-order valence-corrected chi connectivity index (χ2v) is 7.91. The number of carbonyl (C=O) groups is 1. The lowest BCUT2D eigenvalue weighted by molar-refractivity contribution is -0.116. The van der Waals surface area contributed by atoms with Crippen LogP contribution < -0.4 is 10.6 Å². The van der Waals surface area contributed by atoms with Crippen molar-refractivity contribution in [2.45, 2.75) is 25.2 Å². The van der Waals surface area contributed by atoms with E-state index in [2.05, 4.69) is 16.0 Å². The Morgan fingerprint density at radius 2 is 2.10 bits per heavy atom. The number of benzene rings is 1. The quantitative estimate of drug-likeness (QED) is 0.641. The molecule has 0 spiro atoms. The molecule has 0 amide bonds. The molecule has 3 aromatic rings. The van der Waals surface area contributed by atoms with Crippen LogP contribution in [0.2, 0.25) is 5.02 Å². The van der Waals surface area contributed by atoms with E-state index in [1.807, 2.05) is 30.5 Å². The molecule has 1 aliphatic carbocycles. The predicted octanol–water partition coefficient (Wildman–Crippen LogP) is 4.52. The van der Waals surface area contributed by atoms with Gasteiger partial charge in [-0.15, -0.1) is 0 Å². The maximum atomic E-state index is 13.1. The molecule has 0 unspecified atom stereocenters. The molecule has 3 N–H and O–H groups in total. The van der Waals surface area contributed by atoms with E-state index in [0.717, 1.165) is 28.6 Å². The Labute approximate surface area is 178 Å². The lowest BCUT2D eigenvalue weighted by atomic mass is 9.75. The molecule has 0 saturated heterocycles. The monoisotopic (exact) mass is 415 g/mol. The molecule has 0 bridgehead atoms. The van der Waals surface area contributed by atoms with Crippen LogP contribution in [0.3, 0.4) is 0 Å². The Morgan fingerprint density at radius 1 is 1.23 bits per heavy atom. The minimum Gasteiger partial charge on any atom is -0.384 e. The lowest BCUT2D eigenvalue weighted by Crippen LogP contribution is -2.39. The third-order valence-electron chi connectivity index (χ3n) is 5.76. The van der Waals surface area contributed by atoms with Gasteiger partial charge in [0.1, 0.15) is 11.6 Å². The molecule has 0 fully saturated rings. The number of nitriles is 1. The first-order valence-electron chi connectivity index (χ1n) is 9.73. The van der Waals surface area contributed by atoms with E-state index in [-0.39, 0.29) is 5.78 Å². The second kappa shape index (κ2) is 7.05. The number of nitrogens with two attached hydrogens (primary N) is 1. The first kappa shape index (κ1) is 18.5. The zero-order valence-electron chi connectivity index (χ0n) is 16.0. The van der Waals surface area contributed by atoms with Gasteiger partial charge in [-0.25, -0.2) is 4.98 Å². The number of carbonyl (C=O) groups excluding carboxylic acids is 1. The van der Waals surface area contributed by atoms with Crippen molar-refractivity contribution in [1.82, 2.24) is 9.97 Å². The second-order valence-electron chi connectivity index (χ2n) is 7.48.